The van der Waals surface area contributed by atoms with Gasteiger partial charge in [0.15, 0.2) is 17.9 Å². The van der Waals surface area contributed by atoms with Crippen LogP contribution < -0.4 is 4.74 Å². The van der Waals surface area contributed by atoms with Gasteiger partial charge in [0, 0.05) is 30.1 Å². The van der Waals surface area contributed by atoms with E-state index in [2.05, 4.69) is 9.97 Å². The van der Waals surface area contributed by atoms with E-state index in [1.807, 2.05) is 19.9 Å². The number of carbonyl (C=O) groups is 1. The van der Waals surface area contributed by atoms with Crippen LogP contribution in [0.1, 0.15) is 24.2 Å². The number of aromatic nitrogens is 2. The first kappa shape index (κ1) is 21.0. The van der Waals surface area contributed by atoms with Gasteiger partial charge in [0.05, 0.1) is 31.8 Å². The molecule has 3 heterocycles. The van der Waals surface area contributed by atoms with Gasteiger partial charge in [-0.2, -0.15) is 0 Å². The molecule has 0 saturated heterocycles. The van der Waals surface area contributed by atoms with Gasteiger partial charge in [-0.05, 0) is 24.3 Å². The zero-order valence-electron chi connectivity index (χ0n) is 16.0. The predicted octanol–water partition coefficient (Wildman–Crippen LogP) is 6.04. The second-order valence-corrected chi connectivity index (χ2v) is 6.75. The van der Waals surface area contributed by atoms with Gasteiger partial charge >= 0.3 is 0 Å². The number of hydrogen-bond donors (Lipinski definition) is 0. The summed E-state index contributed by atoms with van der Waals surface area (Å²) in [5, 5.41) is 10.7. The number of thiophene rings is 1. The standard InChI is InChI=1S/C19H10FN3O4S.C2H6/c20-13-7-12(23(25)26)2-4-16(13)27-17-5-6-21-15-8-18(28-19(15)17)14-3-1-11(10-24)9-22-14;1-2/h1-10H;1-2H3. The highest BCUT2D eigenvalue weighted by atomic mass is 32.1. The molecule has 0 fully saturated rings. The number of pyridine rings is 2. The summed E-state index contributed by atoms with van der Waals surface area (Å²) in [6.45, 7) is 4.00. The van der Waals surface area contributed by atoms with Crippen molar-refractivity contribution < 1.29 is 18.8 Å². The number of nitro benzene ring substituents is 1. The van der Waals surface area contributed by atoms with Crippen molar-refractivity contribution in [2.24, 2.45) is 0 Å². The first-order valence-corrected chi connectivity index (χ1v) is 9.79. The number of rotatable bonds is 5. The van der Waals surface area contributed by atoms with Crippen molar-refractivity contribution in [3.05, 3.63) is 76.4 Å². The van der Waals surface area contributed by atoms with Crippen molar-refractivity contribution in [1.29, 1.82) is 0 Å². The summed E-state index contributed by atoms with van der Waals surface area (Å²) < 4.78 is 20.5. The number of nitrogens with zero attached hydrogens (tertiary/aromatic N) is 3. The van der Waals surface area contributed by atoms with Crippen LogP contribution in [0.25, 0.3) is 20.8 Å². The molecule has 0 bridgehead atoms. The van der Waals surface area contributed by atoms with Gasteiger partial charge < -0.3 is 4.74 Å². The van der Waals surface area contributed by atoms with Gasteiger partial charge in [0.25, 0.3) is 5.69 Å². The largest absolute Gasteiger partial charge is 0.453 e. The first-order valence-electron chi connectivity index (χ1n) is 8.97. The van der Waals surface area contributed by atoms with Crippen molar-refractivity contribution in [2.75, 3.05) is 0 Å². The first-order chi connectivity index (χ1) is 14.5. The van der Waals surface area contributed by atoms with E-state index in [9.17, 15) is 19.3 Å². The monoisotopic (exact) mass is 425 g/mol. The van der Waals surface area contributed by atoms with Gasteiger partial charge in [-0.1, -0.05) is 13.8 Å². The third kappa shape index (κ3) is 4.31. The molecule has 0 N–H and O–H groups in total. The van der Waals surface area contributed by atoms with Gasteiger partial charge in [0.1, 0.15) is 5.75 Å². The number of aldehydes is 1. The molecule has 152 valence electrons. The summed E-state index contributed by atoms with van der Waals surface area (Å²) in [6.07, 6.45) is 3.72. The molecular formula is C21H16FN3O4S. The van der Waals surface area contributed by atoms with Crippen LogP contribution in [0.2, 0.25) is 0 Å². The molecular weight excluding hydrogens is 409 g/mol. The summed E-state index contributed by atoms with van der Waals surface area (Å²) in [5.74, 6) is -0.581. The van der Waals surface area contributed by atoms with Crippen molar-refractivity contribution >= 4 is 33.5 Å². The summed E-state index contributed by atoms with van der Waals surface area (Å²) >= 11 is 1.35. The van der Waals surface area contributed by atoms with E-state index in [0.717, 1.165) is 10.9 Å². The van der Waals surface area contributed by atoms with E-state index in [0.29, 0.717) is 33.5 Å². The molecule has 0 radical (unpaired) electrons. The van der Waals surface area contributed by atoms with Crippen LogP contribution in [0, 0.1) is 15.9 Å². The number of carbonyl (C=O) groups excluding carboxylic acids is 1. The molecule has 30 heavy (non-hydrogen) atoms. The summed E-state index contributed by atoms with van der Waals surface area (Å²) in [5.41, 5.74) is 1.43. The van der Waals surface area contributed by atoms with Crippen molar-refractivity contribution in [3.8, 4) is 22.1 Å². The van der Waals surface area contributed by atoms with Crippen LogP contribution in [0.15, 0.2) is 54.9 Å². The summed E-state index contributed by atoms with van der Waals surface area (Å²) in [7, 11) is 0. The van der Waals surface area contributed by atoms with Gasteiger partial charge in [-0.15, -0.1) is 11.3 Å². The molecule has 0 aliphatic carbocycles. The molecule has 0 saturated carbocycles. The fourth-order valence-corrected chi connectivity index (χ4v) is 3.59. The molecule has 3 aromatic heterocycles. The number of ether oxygens (including phenoxy) is 1. The number of non-ortho nitro benzene ring substituents is 1. The summed E-state index contributed by atoms with van der Waals surface area (Å²) in [4.78, 5) is 30.2. The van der Waals surface area contributed by atoms with Crippen LogP contribution >= 0.6 is 11.3 Å². The molecule has 7 nitrogen and oxygen atoms in total. The normalized spacial score (nSPS) is 10.2. The number of fused-ring (bicyclic) bond motifs is 1. The lowest BCUT2D eigenvalue weighted by molar-refractivity contribution is -0.385. The number of benzene rings is 1. The minimum absolute atomic E-state index is 0.124. The second-order valence-electron chi connectivity index (χ2n) is 5.70. The van der Waals surface area contributed by atoms with Gasteiger partial charge in [-0.25, -0.2) is 4.39 Å². The molecule has 0 spiro atoms. The Hall–Kier alpha value is -3.72. The SMILES string of the molecule is CC.O=Cc1ccc(-c2cc3nccc(Oc4ccc([N+](=O)[O-])cc4F)c3s2)nc1. The van der Waals surface area contributed by atoms with Crippen molar-refractivity contribution in [2.45, 2.75) is 13.8 Å². The highest BCUT2D eigenvalue weighted by Crippen LogP contribution is 2.39. The minimum atomic E-state index is -0.831. The second kappa shape index (κ2) is 9.19. The maximum absolute atomic E-state index is 14.2. The van der Waals surface area contributed by atoms with E-state index in [4.69, 9.17) is 4.74 Å². The third-order valence-electron chi connectivity index (χ3n) is 3.90. The van der Waals surface area contributed by atoms with Gasteiger partial charge in [-0.3, -0.25) is 24.9 Å². The van der Waals surface area contributed by atoms with E-state index < -0.39 is 10.7 Å². The maximum Gasteiger partial charge on any atom is 0.272 e. The Morgan fingerprint density at radius 3 is 2.53 bits per heavy atom. The maximum atomic E-state index is 14.2. The van der Waals surface area contributed by atoms with Crippen LogP contribution in [-0.4, -0.2) is 21.2 Å². The number of nitro groups is 1. The van der Waals surface area contributed by atoms with Crippen molar-refractivity contribution in [1.82, 2.24) is 9.97 Å². The molecule has 4 aromatic rings. The zero-order chi connectivity index (χ0) is 21.7. The fourth-order valence-electron chi connectivity index (χ4n) is 2.55. The van der Waals surface area contributed by atoms with Crippen LogP contribution in [0.3, 0.4) is 0 Å². The van der Waals surface area contributed by atoms with E-state index in [-0.39, 0.29) is 11.4 Å². The predicted molar refractivity (Wildman–Crippen MR) is 113 cm³/mol. The zero-order valence-corrected chi connectivity index (χ0v) is 16.9. The summed E-state index contributed by atoms with van der Waals surface area (Å²) in [6, 6.07) is 10.0. The third-order valence-corrected chi connectivity index (χ3v) is 5.06. The Morgan fingerprint density at radius 1 is 1.10 bits per heavy atom. The lowest BCUT2D eigenvalue weighted by Gasteiger charge is -2.07. The fraction of sp³-hybridized carbons (Fsp3) is 0.0952. The Labute approximate surface area is 175 Å². The van der Waals surface area contributed by atoms with E-state index >= 15 is 0 Å². The molecule has 9 heteroatoms. The quantitative estimate of drug-likeness (QED) is 0.220. The lowest BCUT2D eigenvalue weighted by atomic mass is 10.2. The Balaban J connectivity index is 0.00000124. The van der Waals surface area contributed by atoms with E-state index in [1.54, 1.807) is 18.2 Å². The minimum Gasteiger partial charge on any atom is -0.453 e. The number of hydrogen-bond acceptors (Lipinski definition) is 7. The smallest absolute Gasteiger partial charge is 0.272 e. The molecule has 0 aliphatic heterocycles. The molecule has 0 amide bonds. The molecule has 4 rings (SSSR count). The van der Waals surface area contributed by atoms with Crippen LogP contribution in [-0.2, 0) is 0 Å². The topological polar surface area (TPSA) is 95.2 Å². The molecule has 1 aromatic carbocycles. The lowest BCUT2D eigenvalue weighted by Crippen LogP contribution is -1.92. The number of halogens is 1. The highest BCUT2D eigenvalue weighted by molar-refractivity contribution is 7.22. The Kier molecular flexibility index (Phi) is 6.43. The van der Waals surface area contributed by atoms with Crippen LogP contribution in [0.4, 0.5) is 10.1 Å². The average Bonchev–Trinajstić information content (AvgIpc) is 3.22. The van der Waals surface area contributed by atoms with Crippen LogP contribution in [0.5, 0.6) is 11.5 Å². The highest BCUT2D eigenvalue weighted by Gasteiger charge is 2.15. The van der Waals surface area contributed by atoms with E-state index in [1.165, 1.54) is 35.9 Å². The molecule has 0 aliphatic rings. The van der Waals surface area contributed by atoms with Crippen molar-refractivity contribution in [3.63, 3.8) is 0 Å². The molecule has 0 unspecified atom stereocenters. The Morgan fingerprint density at radius 2 is 1.90 bits per heavy atom. The molecule has 0 atom stereocenters. The average molecular weight is 425 g/mol. The van der Waals surface area contributed by atoms with Gasteiger partial charge in [0.2, 0.25) is 0 Å². The Bertz CT molecular complexity index is 1210.